The highest BCUT2D eigenvalue weighted by Crippen LogP contribution is 2.21. The summed E-state index contributed by atoms with van der Waals surface area (Å²) in [7, 11) is 0. The van der Waals surface area contributed by atoms with Crippen LogP contribution in [0.2, 0.25) is 0 Å². The minimum atomic E-state index is -0.0195. The Balaban J connectivity index is 1.78. The lowest BCUT2D eigenvalue weighted by Gasteiger charge is -2.13. The van der Waals surface area contributed by atoms with Gasteiger partial charge in [0.15, 0.2) is 0 Å². The van der Waals surface area contributed by atoms with E-state index in [0.29, 0.717) is 12.1 Å². The van der Waals surface area contributed by atoms with E-state index in [2.05, 4.69) is 29.0 Å². The van der Waals surface area contributed by atoms with E-state index >= 15 is 0 Å². The van der Waals surface area contributed by atoms with Gasteiger partial charge in [-0.05, 0) is 17.5 Å². The molecule has 1 atom stereocenters. The number of benzene rings is 2. The zero-order valence-corrected chi connectivity index (χ0v) is 12.9. The summed E-state index contributed by atoms with van der Waals surface area (Å²) in [5, 5.41) is 0.989. The molecule has 2 heterocycles. The maximum Gasteiger partial charge on any atom is 0.277 e. The zero-order chi connectivity index (χ0) is 15.8. The number of nitrogens with zero attached hydrogens (tertiary/aromatic N) is 2. The van der Waals surface area contributed by atoms with Crippen LogP contribution in [0.15, 0.2) is 65.7 Å². The lowest BCUT2D eigenvalue weighted by Crippen LogP contribution is -2.23. The van der Waals surface area contributed by atoms with Crippen molar-refractivity contribution in [2.45, 2.75) is 19.4 Å². The summed E-state index contributed by atoms with van der Waals surface area (Å²) in [6.07, 6.45) is 1.66. The van der Waals surface area contributed by atoms with Gasteiger partial charge in [0.05, 0.1) is 6.33 Å². The zero-order valence-electron chi connectivity index (χ0n) is 12.9. The molecule has 0 spiro atoms. The van der Waals surface area contributed by atoms with Gasteiger partial charge in [-0.2, -0.15) is 0 Å². The maximum atomic E-state index is 12.8. The molecule has 0 unspecified atom stereocenters. The molecule has 23 heavy (non-hydrogen) atoms. The number of hydrogen-bond acceptors (Lipinski definition) is 2. The van der Waals surface area contributed by atoms with Gasteiger partial charge in [0.25, 0.3) is 5.56 Å². The average Bonchev–Trinajstić information content (AvgIpc) is 2.98. The molecule has 0 saturated carbocycles. The van der Waals surface area contributed by atoms with Gasteiger partial charge in [-0.1, -0.05) is 55.5 Å². The molecule has 0 amide bonds. The number of rotatable bonds is 3. The minimum absolute atomic E-state index is 0.0195. The largest absolute Gasteiger partial charge is 0.349 e. The second-order valence-electron chi connectivity index (χ2n) is 5.91. The highest BCUT2D eigenvalue weighted by molar-refractivity contribution is 6.04. The first kappa shape index (κ1) is 13.8. The Labute approximate surface area is 133 Å². The van der Waals surface area contributed by atoms with Crippen LogP contribution in [0.5, 0.6) is 0 Å². The van der Waals surface area contributed by atoms with Gasteiger partial charge in [-0.15, -0.1) is 0 Å². The highest BCUT2D eigenvalue weighted by atomic mass is 16.1. The SMILES string of the molecule is C[C@H](Cn1cnc2c([nH]c3ccccc32)c1=O)c1ccccc1. The van der Waals surface area contributed by atoms with Crippen molar-refractivity contribution in [2.24, 2.45) is 0 Å². The summed E-state index contributed by atoms with van der Waals surface area (Å²) in [4.78, 5) is 20.5. The Hall–Kier alpha value is -2.88. The van der Waals surface area contributed by atoms with Crippen molar-refractivity contribution in [3.05, 3.63) is 76.8 Å². The summed E-state index contributed by atoms with van der Waals surface area (Å²) < 4.78 is 1.69. The summed E-state index contributed by atoms with van der Waals surface area (Å²) in [5.74, 6) is 0.248. The number of para-hydroxylation sites is 1. The Morgan fingerprint density at radius 1 is 1.09 bits per heavy atom. The molecule has 0 saturated heterocycles. The molecule has 114 valence electrons. The van der Waals surface area contributed by atoms with Crippen LogP contribution >= 0.6 is 0 Å². The third-order valence-electron chi connectivity index (χ3n) is 4.32. The standard InChI is InChI=1S/C19H17N3O/c1-13(14-7-3-2-4-8-14)11-22-12-20-17-15-9-5-6-10-16(15)21-18(17)19(22)23/h2-10,12-13,21H,11H2,1H3/t13-/m1/s1. The third-order valence-corrected chi connectivity index (χ3v) is 4.32. The van der Waals surface area contributed by atoms with Crippen LogP contribution in [-0.2, 0) is 6.54 Å². The number of H-pyrrole nitrogens is 1. The Kier molecular flexibility index (Phi) is 3.23. The van der Waals surface area contributed by atoms with Crippen molar-refractivity contribution in [1.29, 1.82) is 0 Å². The molecule has 0 aliphatic carbocycles. The number of fused-ring (bicyclic) bond motifs is 3. The molecule has 4 aromatic rings. The number of aromatic nitrogens is 3. The summed E-state index contributed by atoms with van der Waals surface area (Å²) in [6, 6.07) is 18.1. The van der Waals surface area contributed by atoms with Gasteiger partial charge >= 0.3 is 0 Å². The first-order chi connectivity index (χ1) is 11.2. The van der Waals surface area contributed by atoms with Crippen molar-refractivity contribution in [2.75, 3.05) is 0 Å². The normalized spacial score (nSPS) is 12.7. The minimum Gasteiger partial charge on any atom is -0.349 e. The molecule has 4 rings (SSSR count). The van der Waals surface area contributed by atoms with E-state index in [4.69, 9.17) is 0 Å². The van der Waals surface area contributed by atoms with Crippen molar-refractivity contribution in [3.8, 4) is 0 Å². The van der Waals surface area contributed by atoms with Crippen LogP contribution < -0.4 is 5.56 Å². The molecule has 4 heteroatoms. The predicted molar refractivity (Wildman–Crippen MR) is 92.7 cm³/mol. The fraction of sp³-hybridized carbons (Fsp3) is 0.158. The van der Waals surface area contributed by atoms with Gasteiger partial charge in [-0.3, -0.25) is 9.36 Å². The van der Waals surface area contributed by atoms with Crippen LogP contribution in [0.25, 0.3) is 21.9 Å². The lowest BCUT2D eigenvalue weighted by atomic mass is 10.0. The Morgan fingerprint density at radius 3 is 2.65 bits per heavy atom. The second kappa shape index (κ2) is 5.39. The molecule has 4 nitrogen and oxygen atoms in total. The van der Waals surface area contributed by atoms with Crippen LogP contribution in [0.3, 0.4) is 0 Å². The van der Waals surface area contributed by atoms with Gasteiger partial charge < -0.3 is 4.98 Å². The summed E-state index contributed by atoms with van der Waals surface area (Å²) in [6.45, 7) is 2.73. The molecule has 0 fully saturated rings. The van der Waals surface area contributed by atoms with Crippen molar-refractivity contribution in [1.82, 2.24) is 14.5 Å². The molecule has 0 aliphatic rings. The molecule has 2 aromatic heterocycles. The monoisotopic (exact) mass is 303 g/mol. The Morgan fingerprint density at radius 2 is 1.83 bits per heavy atom. The summed E-state index contributed by atoms with van der Waals surface area (Å²) in [5.41, 5.74) is 3.47. The highest BCUT2D eigenvalue weighted by Gasteiger charge is 2.12. The van der Waals surface area contributed by atoms with Gasteiger partial charge in [0, 0.05) is 17.4 Å². The number of nitrogens with one attached hydrogen (secondary N) is 1. The number of aromatic amines is 1. The van der Waals surface area contributed by atoms with Crippen LogP contribution in [-0.4, -0.2) is 14.5 Å². The molecular weight excluding hydrogens is 286 g/mol. The maximum absolute atomic E-state index is 12.8. The van der Waals surface area contributed by atoms with Crippen molar-refractivity contribution in [3.63, 3.8) is 0 Å². The van der Waals surface area contributed by atoms with Crippen LogP contribution in [0, 0.1) is 0 Å². The van der Waals surface area contributed by atoms with E-state index in [-0.39, 0.29) is 11.5 Å². The predicted octanol–water partition coefficient (Wildman–Crippen LogP) is 3.68. The fourth-order valence-electron chi connectivity index (χ4n) is 3.05. The van der Waals surface area contributed by atoms with E-state index < -0.39 is 0 Å². The second-order valence-corrected chi connectivity index (χ2v) is 5.91. The Bertz CT molecular complexity index is 1030. The third kappa shape index (κ3) is 2.32. The summed E-state index contributed by atoms with van der Waals surface area (Å²) >= 11 is 0. The van der Waals surface area contributed by atoms with E-state index in [1.54, 1.807) is 10.9 Å². The van der Waals surface area contributed by atoms with E-state index in [1.165, 1.54) is 5.56 Å². The van der Waals surface area contributed by atoms with E-state index in [0.717, 1.165) is 16.4 Å². The molecular formula is C19H17N3O. The fourth-order valence-corrected chi connectivity index (χ4v) is 3.05. The molecule has 0 bridgehead atoms. The quantitative estimate of drug-likeness (QED) is 0.627. The van der Waals surface area contributed by atoms with E-state index in [1.807, 2.05) is 42.5 Å². The first-order valence-electron chi connectivity index (χ1n) is 7.75. The molecule has 2 aromatic carbocycles. The van der Waals surface area contributed by atoms with Crippen molar-refractivity contribution >= 4 is 21.9 Å². The smallest absolute Gasteiger partial charge is 0.277 e. The molecule has 0 aliphatic heterocycles. The van der Waals surface area contributed by atoms with Gasteiger partial charge in [-0.25, -0.2) is 4.98 Å². The molecule has 0 radical (unpaired) electrons. The van der Waals surface area contributed by atoms with Gasteiger partial charge in [0.2, 0.25) is 0 Å². The van der Waals surface area contributed by atoms with Crippen molar-refractivity contribution < 1.29 is 0 Å². The average molecular weight is 303 g/mol. The topological polar surface area (TPSA) is 50.7 Å². The molecule has 1 N–H and O–H groups in total. The van der Waals surface area contributed by atoms with Crippen LogP contribution in [0.4, 0.5) is 0 Å². The van der Waals surface area contributed by atoms with E-state index in [9.17, 15) is 4.79 Å². The lowest BCUT2D eigenvalue weighted by molar-refractivity contribution is 0.576. The van der Waals surface area contributed by atoms with Crippen LogP contribution in [0.1, 0.15) is 18.4 Å². The first-order valence-corrected chi connectivity index (χ1v) is 7.75. The number of hydrogen-bond donors (Lipinski definition) is 1. The van der Waals surface area contributed by atoms with Gasteiger partial charge in [0.1, 0.15) is 11.0 Å².